The Morgan fingerprint density at radius 3 is 2.63 bits per heavy atom. The summed E-state index contributed by atoms with van der Waals surface area (Å²) in [5.74, 6) is -0.627. The maximum atomic E-state index is 12.2. The van der Waals surface area contributed by atoms with Gasteiger partial charge in [-0.05, 0) is 36.6 Å². The molecule has 11 heteroatoms. The molecule has 9 nitrogen and oxygen atoms in total. The van der Waals surface area contributed by atoms with Gasteiger partial charge in [0.1, 0.15) is 17.2 Å². The Kier molecular flexibility index (Phi) is 6.20. The second kappa shape index (κ2) is 8.66. The second-order valence-corrected chi connectivity index (χ2v) is 8.20. The Bertz CT molecular complexity index is 1250. The van der Waals surface area contributed by atoms with Crippen molar-refractivity contribution in [2.75, 3.05) is 0 Å². The van der Waals surface area contributed by atoms with Gasteiger partial charge in [0.2, 0.25) is 10.0 Å². The predicted molar refractivity (Wildman–Crippen MR) is 111 cm³/mol. The largest absolute Gasteiger partial charge is 0.506 e. The van der Waals surface area contributed by atoms with Crippen LogP contribution in [0.2, 0.25) is 5.02 Å². The third-order valence-corrected chi connectivity index (χ3v) is 5.30. The molecule has 0 bridgehead atoms. The summed E-state index contributed by atoms with van der Waals surface area (Å²) in [5, 5.41) is 24.1. The zero-order valence-electron chi connectivity index (χ0n) is 15.6. The summed E-state index contributed by atoms with van der Waals surface area (Å²) in [6.45, 7) is 1.45. The number of rotatable bonds is 6. The van der Waals surface area contributed by atoms with Crippen molar-refractivity contribution in [2.24, 2.45) is 15.5 Å². The fourth-order valence-electron chi connectivity index (χ4n) is 2.56. The normalized spacial score (nSPS) is 12.8. The lowest BCUT2D eigenvalue weighted by molar-refractivity contribution is -0.127. The number of phenolic OH excluding ortho intramolecular Hbond substituents is 1. The third-order valence-electron chi connectivity index (χ3n) is 4.09. The van der Waals surface area contributed by atoms with E-state index in [9.17, 15) is 18.3 Å². The van der Waals surface area contributed by atoms with Gasteiger partial charge in [-0.3, -0.25) is 4.79 Å². The molecular formula is C19H17ClN4O5S. The topological polar surface area (TPSA) is 143 Å². The number of hydrogen-bond acceptors (Lipinski definition) is 7. The zero-order chi connectivity index (χ0) is 21.9. The summed E-state index contributed by atoms with van der Waals surface area (Å²) in [6, 6.07) is 14.1. The van der Waals surface area contributed by atoms with Crippen LogP contribution in [0.25, 0.3) is 10.8 Å². The standard InChI is InChI=1S/C19H17ClN4O5S/c1-11(29-17-9-7-13(10-15(17)20)30(21,27)28)19(26)23-24-22-18-14-5-3-2-4-12(14)6-8-16(18)25/h2-11,25H,1H3,(H2,21,27,28)(H,22,23,26). The SMILES string of the molecule is CC(Oc1ccc(S(N)(=O)=O)cc1Cl)C(=O)NN=Nc1c(O)ccc2ccccc12. The van der Waals surface area contributed by atoms with Gasteiger partial charge in [-0.15, -0.1) is 5.11 Å². The molecule has 0 aliphatic heterocycles. The second-order valence-electron chi connectivity index (χ2n) is 6.23. The van der Waals surface area contributed by atoms with Gasteiger partial charge < -0.3 is 9.84 Å². The maximum absolute atomic E-state index is 12.2. The Balaban J connectivity index is 1.69. The summed E-state index contributed by atoms with van der Waals surface area (Å²) in [5.41, 5.74) is 2.43. The van der Waals surface area contributed by atoms with Crippen molar-refractivity contribution < 1.29 is 23.1 Å². The molecule has 1 amide bonds. The summed E-state index contributed by atoms with van der Waals surface area (Å²) < 4.78 is 28.1. The van der Waals surface area contributed by atoms with E-state index in [-0.39, 0.29) is 27.1 Å². The van der Waals surface area contributed by atoms with Gasteiger partial charge in [-0.2, -0.15) is 0 Å². The highest BCUT2D eigenvalue weighted by Gasteiger charge is 2.18. The number of aromatic hydroxyl groups is 1. The van der Waals surface area contributed by atoms with Crippen LogP contribution >= 0.6 is 11.6 Å². The van der Waals surface area contributed by atoms with E-state index in [4.69, 9.17) is 21.5 Å². The number of carbonyl (C=O) groups is 1. The number of hydrogen-bond donors (Lipinski definition) is 3. The van der Waals surface area contributed by atoms with Gasteiger partial charge in [-0.1, -0.05) is 47.2 Å². The van der Waals surface area contributed by atoms with Crippen molar-refractivity contribution in [3.05, 3.63) is 59.6 Å². The summed E-state index contributed by atoms with van der Waals surface area (Å²) in [6.07, 6.45) is -1.03. The monoisotopic (exact) mass is 448 g/mol. The molecule has 156 valence electrons. The predicted octanol–water partition coefficient (Wildman–Crippen LogP) is 3.43. The highest BCUT2D eigenvalue weighted by Crippen LogP contribution is 2.34. The van der Waals surface area contributed by atoms with E-state index in [2.05, 4.69) is 15.8 Å². The van der Waals surface area contributed by atoms with Crippen LogP contribution in [0, 0.1) is 0 Å². The highest BCUT2D eigenvalue weighted by molar-refractivity contribution is 7.89. The summed E-state index contributed by atoms with van der Waals surface area (Å²) >= 11 is 6.00. The number of ether oxygens (including phenoxy) is 1. The lowest BCUT2D eigenvalue weighted by atomic mass is 10.1. The van der Waals surface area contributed by atoms with Crippen LogP contribution in [0.15, 0.2) is 69.8 Å². The number of nitrogens with zero attached hydrogens (tertiary/aromatic N) is 2. The molecule has 1 unspecified atom stereocenters. The number of amides is 1. The average Bonchev–Trinajstić information content (AvgIpc) is 2.70. The van der Waals surface area contributed by atoms with E-state index in [1.54, 1.807) is 18.2 Å². The molecular weight excluding hydrogens is 432 g/mol. The van der Waals surface area contributed by atoms with Crippen LogP contribution in [0.4, 0.5) is 5.69 Å². The fraction of sp³-hybridized carbons (Fsp3) is 0.105. The minimum absolute atomic E-state index is 0.0246. The highest BCUT2D eigenvalue weighted by atomic mass is 35.5. The van der Waals surface area contributed by atoms with Gasteiger partial charge >= 0.3 is 0 Å². The minimum atomic E-state index is -3.91. The molecule has 3 aromatic carbocycles. The first-order valence-electron chi connectivity index (χ1n) is 8.57. The molecule has 3 rings (SSSR count). The van der Waals surface area contributed by atoms with Crippen LogP contribution < -0.4 is 15.3 Å². The number of primary sulfonamides is 1. The van der Waals surface area contributed by atoms with Crippen LogP contribution in [0.1, 0.15) is 6.92 Å². The number of fused-ring (bicyclic) bond motifs is 1. The molecule has 0 saturated carbocycles. The quantitative estimate of drug-likeness (QED) is 0.391. The van der Waals surface area contributed by atoms with E-state index in [1.165, 1.54) is 25.1 Å². The molecule has 0 radical (unpaired) electrons. The van der Waals surface area contributed by atoms with E-state index >= 15 is 0 Å². The molecule has 30 heavy (non-hydrogen) atoms. The molecule has 0 aliphatic rings. The van der Waals surface area contributed by atoms with Gasteiger partial charge in [0.25, 0.3) is 5.91 Å². The lowest BCUT2D eigenvalue weighted by Crippen LogP contribution is -2.33. The van der Waals surface area contributed by atoms with Crippen molar-refractivity contribution in [2.45, 2.75) is 17.9 Å². The van der Waals surface area contributed by atoms with Crippen LogP contribution in [0.3, 0.4) is 0 Å². The van der Waals surface area contributed by atoms with Crippen LogP contribution in [-0.2, 0) is 14.8 Å². The van der Waals surface area contributed by atoms with E-state index in [0.717, 1.165) is 11.5 Å². The van der Waals surface area contributed by atoms with E-state index in [1.807, 2.05) is 12.1 Å². The first kappa shape index (κ1) is 21.5. The average molecular weight is 449 g/mol. The molecule has 0 heterocycles. The van der Waals surface area contributed by atoms with Crippen molar-refractivity contribution in [1.82, 2.24) is 5.43 Å². The Morgan fingerprint density at radius 2 is 1.93 bits per heavy atom. The molecule has 0 spiro atoms. The molecule has 0 aliphatic carbocycles. The van der Waals surface area contributed by atoms with Gasteiger partial charge in [0.15, 0.2) is 6.10 Å². The lowest BCUT2D eigenvalue weighted by Gasteiger charge is -2.14. The number of halogens is 1. The first-order valence-corrected chi connectivity index (χ1v) is 10.5. The number of nitrogens with two attached hydrogens (primary N) is 1. The van der Waals surface area contributed by atoms with Crippen LogP contribution in [0.5, 0.6) is 11.5 Å². The van der Waals surface area contributed by atoms with Crippen molar-refractivity contribution in [3.8, 4) is 11.5 Å². The molecule has 4 N–H and O–H groups in total. The summed E-state index contributed by atoms with van der Waals surface area (Å²) in [4.78, 5) is 12.0. The first-order chi connectivity index (χ1) is 14.2. The van der Waals surface area contributed by atoms with E-state index in [0.29, 0.717) is 5.39 Å². The fourth-order valence-corrected chi connectivity index (χ4v) is 3.39. The number of benzene rings is 3. The Labute approximate surface area is 177 Å². The van der Waals surface area contributed by atoms with Crippen molar-refractivity contribution >= 4 is 44.0 Å². The van der Waals surface area contributed by atoms with Gasteiger partial charge in [0.05, 0.1) is 9.92 Å². The molecule has 1 atom stereocenters. The maximum Gasteiger partial charge on any atom is 0.282 e. The Morgan fingerprint density at radius 1 is 1.20 bits per heavy atom. The Hall–Kier alpha value is -3.21. The summed E-state index contributed by atoms with van der Waals surface area (Å²) in [7, 11) is -3.91. The van der Waals surface area contributed by atoms with Gasteiger partial charge in [0, 0.05) is 5.39 Å². The number of sulfonamides is 1. The smallest absolute Gasteiger partial charge is 0.282 e. The van der Waals surface area contributed by atoms with Crippen LogP contribution in [-0.4, -0.2) is 25.5 Å². The molecule has 0 fully saturated rings. The van der Waals surface area contributed by atoms with Crippen molar-refractivity contribution in [1.29, 1.82) is 0 Å². The number of nitrogens with one attached hydrogen (secondary N) is 1. The molecule has 0 aromatic heterocycles. The minimum Gasteiger partial charge on any atom is -0.506 e. The zero-order valence-corrected chi connectivity index (χ0v) is 17.2. The third kappa shape index (κ3) is 4.85. The van der Waals surface area contributed by atoms with Crippen molar-refractivity contribution in [3.63, 3.8) is 0 Å². The van der Waals surface area contributed by atoms with E-state index < -0.39 is 22.0 Å². The number of carbonyl (C=O) groups excluding carboxylic acids is 1. The molecule has 0 saturated heterocycles. The van der Waals surface area contributed by atoms with Gasteiger partial charge in [-0.25, -0.2) is 19.0 Å². The molecule has 3 aromatic rings. The number of phenols is 1.